The average molecular weight is 265 g/mol. The highest BCUT2D eigenvalue weighted by molar-refractivity contribution is 7.17. The smallest absolute Gasteiger partial charge is 0.268 e. The molecule has 0 spiro atoms. The predicted octanol–water partition coefficient (Wildman–Crippen LogP) is 2.65. The fourth-order valence-corrected chi connectivity index (χ4v) is 2.77. The van der Waals surface area contributed by atoms with Crippen LogP contribution >= 0.6 is 11.3 Å². The molecular formula is C13H19N3OS. The number of nitrogens with one attached hydrogen (secondary N) is 2. The van der Waals surface area contributed by atoms with Crippen molar-refractivity contribution in [1.82, 2.24) is 15.3 Å². The van der Waals surface area contributed by atoms with Gasteiger partial charge >= 0.3 is 0 Å². The Morgan fingerprint density at radius 1 is 1.50 bits per heavy atom. The van der Waals surface area contributed by atoms with Gasteiger partial charge in [-0.3, -0.25) is 4.79 Å². The van der Waals surface area contributed by atoms with Crippen LogP contribution in [0.3, 0.4) is 0 Å². The lowest BCUT2D eigenvalue weighted by molar-refractivity contribution is 0.456. The van der Waals surface area contributed by atoms with Gasteiger partial charge in [-0.25, -0.2) is 4.98 Å². The Morgan fingerprint density at radius 3 is 3.06 bits per heavy atom. The van der Waals surface area contributed by atoms with Crippen molar-refractivity contribution in [3.8, 4) is 0 Å². The summed E-state index contributed by atoms with van der Waals surface area (Å²) in [6.45, 7) is 4.98. The summed E-state index contributed by atoms with van der Waals surface area (Å²) >= 11 is 1.43. The second-order valence-electron chi connectivity index (χ2n) is 4.42. The molecular weight excluding hydrogens is 246 g/mol. The van der Waals surface area contributed by atoms with E-state index in [0.29, 0.717) is 17.3 Å². The number of hydrogen-bond donors (Lipinski definition) is 2. The molecule has 0 aliphatic heterocycles. The molecule has 0 bridgehead atoms. The zero-order valence-corrected chi connectivity index (χ0v) is 11.6. The molecule has 0 fully saturated rings. The molecule has 0 radical (unpaired) electrons. The van der Waals surface area contributed by atoms with E-state index >= 15 is 0 Å². The molecule has 2 N–H and O–H groups in total. The van der Waals surface area contributed by atoms with Gasteiger partial charge in [0.15, 0.2) is 0 Å². The van der Waals surface area contributed by atoms with Gasteiger partial charge in [-0.1, -0.05) is 20.3 Å². The molecule has 2 aromatic rings. The molecule has 2 heterocycles. The third kappa shape index (κ3) is 2.97. The SMILES string of the molecule is CCCC(CC)NCc1nc2ccsc2c(=O)[nH]1. The van der Waals surface area contributed by atoms with Gasteiger partial charge in [-0.15, -0.1) is 11.3 Å². The molecule has 1 atom stereocenters. The summed E-state index contributed by atoms with van der Waals surface area (Å²) in [4.78, 5) is 19.1. The van der Waals surface area contributed by atoms with Crippen molar-refractivity contribution in [2.45, 2.75) is 45.7 Å². The van der Waals surface area contributed by atoms with Gasteiger partial charge in [-0.2, -0.15) is 0 Å². The van der Waals surface area contributed by atoms with Crippen molar-refractivity contribution in [3.05, 3.63) is 27.6 Å². The van der Waals surface area contributed by atoms with Crippen LogP contribution in [0.5, 0.6) is 0 Å². The summed E-state index contributed by atoms with van der Waals surface area (Å²) in [5.74, 6) is 0.723. The van der Waals surface area contributed by atoms with Gasteiger partial charge in [0.25, 0.3) is 5.56 Å². The van der Waals surface area contributed by atoms with E-state index in [0.717, 1.165) is 24.2 Å². The highest BCUT2D eigenvalue weighted by Gasteiger charge is 2.07. The Labute approximate surface area is 110 Å². The normalized spacial score (nSPS) is 13.0. The molecule has 18 heavy (non-hydrogen) atoms. The maximum atomic E-state index is 11.8. The molecule has 98 valence electrons. The molecule has 1 unspecified atom stereocenters. The summed E-state index contributed by atoms with van der Waals surface area (Å²) in [5, 5.41) is 5.34. The Bertz CT molecular complexity index is 561. The molecule has 0 amide bonds. The van der Waals surface area contributed by atoms with Crippen LogP contribution in [0.1, 0.15) is 38.9 Å². The van der Waals surface area contributed by atoms with Gasteiger partial charge in [-0.05, 0) is 24.3 Å². The second kappa shape index (κ2) is 6.11. The van der Waals surface area contributed by atoms with Crippen LogP contribution in [0.4, 0.5) is 0 Å². The maximum absolute atomic E-state index is 11.8. The van der Waals surface area contributed by atoms with Gasteiger partial charge in [0.2, 0.25) is 0 Å². The van der Waals surface area contributed by atoms with E-state index in [2.05, 4.69) is 29.1 Å². The Balaban J connectivity index is 2.09. The summed E-state index contributed by atoms with van der Waals surface area (Å²) in [6.07, 6.45) is 3.42. The van der Waals surface area contributed by atoms with Crippen LogP contribution in [0.25, 0.3) is 10.2 Å². The van der Waals surface area contributed by atoms with E-state index < -0.39 is 0 Å². The fraction of sp³-hybridized carbons (Fsp3) is 0.538. The van der Waals surface area contributed by atoms with Crippen LogP contribution in [-0.2, 0) is 6.54 Å². The van der Waals surface area contributed by atoms with Crippen molar-refractivity contribution in [2.75, 3.05) is 0 Å². The van der Waals surface area contributed by atoms with Gasteiger partial charge < -0.3 is 10.3 Å². The minimum atomic E-state index is -0.0321. The van der Waals surface area contributed by atoms with E-state index in [1.807, 2.05) is 11.4 Å². The number of nitrogens with zero attached hydrogens (tertiary/aromatic N) is 1. The number of hydrogen-bond acceptors (Lipinski definition) is 4. The lowest BCUT2D eigenvalue weighted by Crippen LogP contribution is -2.29. The number of aromatic nitrogens is 2. The van der Waals surface area contributed by atoms with E-state index in [9.17, 15) is 4.79 Å². The third-order valence-corrected chi connectivity index (χ3v) is 3.95. The fourth-order valence-electron chi connectivity index (χ4n) is 2.05. The molecule has 0 saturated heterocycles. The van der Waals surface area contributed by atoms with Gasteiger partial charge in [0, 0.05) is 6.04 Å². The highest BCUT2D eigenvalue weighted by Crippen LogP contribution is 2.13. The second-order valence-corrected chi connectivity index (χ2v) is 5.34. The van der Waals surface area contributed by atoms with Crippen molar-refractivity contribution >= 4 is 21.6 Å². The first-order valence-electron chi connectivity index (χ1n) is 6.44. The Kier molecular flexibility index (Phi) is 4.49. The number of rotatable bonds is 6. The molecule has 0 aliphatic rings. The monoisotopic (exact) mass is 265 g/mol. The molecule has 5 heteroatoms. The largest absolute Gasteiger partial charge is 0.308 e. The topological polar surface area (TPSA) is 57.8 Å². The lowest BCUT2D eigenvalue weighted by atomic mass is 10.1. The zero-order chi connectivity index (χ0) is 13.0. The summed E-state index contributed by atoms with van der Waals surface area (Å²) in [6, 6.07) is 2.39. The van der Waals surface area contributed by atoms with Crippen LogP contribution in [0, 0.1) is 0 Å². The number of aromatic amines is 1. The molecule has 4 nitrogen and oxygen atoms in total. The van der Waals surface area contributed by atoms with E-state index in [1.165, 1.54) is 17.8 Å². The van der Waals surface area contributed by atoms with Crippen molar-refractivity contribution in [1.29, 1.82) is 0 Å². The molecule has 2 aromatic heterocycles. The Morgan fingerprint density at radius 2 is 2.33 bits per heavy atom. The average Bonchev–Trinajstić information content (AvgIpc) is 2.83. The summed E-state index contributed by atoms with van der Waals surface area (Å²) in [5.41, 5.74) is 0.763. The van der Waals surface area contributed by atoms with E-state index in [-0.39, 0.29) is 5.56 Å². The molecule has 2 rings (SSSR count). The third-order valence-electron chi connectivity index (χ3n) is 3.05. The molecule has 0 saturated carbocycles. The van der Waals surface area contributed by atoms with Crippen molar-refractivity contribution < 1.29 is 0 Å². The molecule has 0 aromatic carbocycles. The maximum Gasteiger partial charge on any atom is 0.268 e. The van der Waals surface area contributed by atoms with Crippen LogP contribution in [0.2, 0.25) is 0 Å². The predicted molar refractivity (Wildman–Crippen MR) is 76.1 cm³/mol. The summed E-state index contributed by atoms with van der Waals surface area (Å²) < 4.78 is 0.708. The first kappa shape index (κ1) is 13.2. The van der Waals surface area contributed by atoms with E-state index in [4.69, 9.17) is 0 Å². The quantitative estimate of drug-likeness (QED) is 0.844. The summed E-state index contributed by atoms with van der Waals surface area (Å²) in [7, 11) is 0. The van der Waals surface area contributed by atoms with Crippen molar-refractivity contribution in [2.24, 2.45) is 0 Å². The Hall–Kier alpha value is -1.20. The number of H-pyrrole nitrogens is 1. The minimum absolute atomic E-state index is 0.0321. The first-order valence-corrected chi connectivity index (χ1v) is 7.32. The minimum Gasteiger partial charge on any atom is -0.308 e. The van der Waals surface area contributed by atoms with Gasteiger partial charge in [0.1, 0.15) is 10.5 Å². The molecule has 0 aliphatic carbocycles. The standard InChI is InChI=1S/C13H19N3OS/c1-3-5-9(4-2)14-8-11-15-10-6-7-18-12(10)13(17)16-11/h6-7,9,14H,3-5,8H2,1-2H3,(H,15,16,17). The first-order chi connectivity index (χ1) is 8.74. The van der Waals surface area contributed by atoms with Crippen molar-refractivity contribution in [3.63, 3.8) is 0 Å². The lowest BCUT2D eigenvalue weighted by Gasteiger charge is -2.15. The van der Waals surface area contributed by atoms with Crippen LogP contribution < -0.4 is 10.9 Å². The van der Waals surface area contributed by atoms with Crippen LogP contribution in [0.15, 0.2) is 16.2 Å². The number of thiophene rings is 1. The van der Waals surface area contributed by atoms with Gasteiger partial charge in [0.05, 0.1) is 12.1 Å². The number of fused-ring (bicyclic) bond motifs is 1. The highest BCUT2D eigenvalue weighted by atomic mass is 32.1. The zero-order valence-electron chi connectivity index (χ0n) is 10.8. The van der Waals surface area contributed by atoms with E-state index in [1.54, 1.807) is 0 Å². The van der Waals surface area contributed by atoms with Crippen LogP contribution in [-0.4, -0.2) is 16.0 Å².